The number of benzene rings is 1. The van der Waals surface area contributed by atoms with E-state index in [1.807, 2.05) is 6.92 Å². The van der Waals surface area contributed by atoms with E-state index in [1.54, 1.807) is 41.0 Å². The van der Waals surface area contributed by atoms with Gasteiger partial charge >= 0.3 is 0 Å². The molecule has 1 aromatic carbocycles. The molecular weight excluding hydrogens is 330 g/mol. The molecule has 0 N–H and O–H groups in total. The molecule has 0 unspecified atom stereocenters. The Labute approximate surface area is 141 Å². The monoisotopic (exact) mass is 351 g/mol. The number of hydrogen-bond donors (Lipinski definition) is 0. The van der Waals surface area contributed by atoms with E-state index in [9.17, 15) is 8.42 Å². The van der Waals surface area contributed by atoms with Gasteiger partial charge in [-0.3, -0.25) is 0 Å². The first-order valence-corrected chi connectivity index (χ1v) is 10.0. The Morgan fingerprint density at radius 2 is 1.96 bits per heavy atom. The van der Waals surface area contributed by atoms with Crippen LogP contribution in [0.25, 0.3) is 0 Å². The average Bonchev–Trinajstić information content (AvgIpc) is 3.09. The molecule has 6 heteroatoms. The van der Waals surface area contributed by atoms with Crippen LogP contribution in [0.1, 0.15) is 29.2 Å². The number of aryl methyl sites for hydroxylation is 1. The quantitative estimate of drug-likeness (QED) is 0.845. The van der Waals surface area contributed by atoms with Gasteiger partial charge in [-0.25, -0.2) is 8.42 Å². The summed E-state index contributed by atoms with van der Waals surface area (Å²) in [4.78, 5) is 1.72. The highest BCUT2D eigenvalue weighted by molar-refractivity contribution is 7.89. The Morgan fingerprint density at radius 1 is 1.22 bits per heavy atom. The maximum atomic E-state index is 12.8. The van der Waals surface area contributed by atoms with E-state index in [1.165, 1.54) is 4.88 Å². The predicted octanol–water partition coefficient (Wildman–Crippen LogP) is 3.63. The molecule has 1 fully saturated rings. The summed E-state index contributed by atoms with van der Waals surface area (Å²) in [5.41, 5.74) is 0.835. The molecule has 2 heterocycles. The minimum absolute atomic E-state index is 0.352. The maximum absolute atomic E-state index is 12.8. The Morgan fingerprint density at radius 3 is 2.52 bits per heavy atom. The van der Waals surface area contributed by atoms with Crippen molar-refractivity contribution in [3.05, 3.63) is 46.2 Å². The third-order valence-corrected chi connectivity index (χ3v) is 7.33. The van der Waals surface area contributed by atoms with E-state index in [0.29, 0.717) is 29.7 Å². The zero-order valence-electron chi connectivity index (χ0n) is 13.4. The summed E-state index contributed by atoms with van der Waals surface area (Å²) in [6, 6.07) is 9.25. The summed E-state index contributed by atoms with van der Waals surface area (Å²) >= 11 is 1.76. The summed E-state index contributed by atoms with van der Waals surface area (Å²) < 4.78 is 32.5. The van der Waals surface area contributed by atoms with E-state index in [0.717, 1.165) is 18.4 Å². The van der Waals surface area contributed by atoms with E-state index in [4.69, 9.17) is 4.74 Å². The van der Waals surface area contributed by atoms with Crippen molar-refractivity contribution in [2.75, 3.05) is 20.2 Å². The normalized spacial score (nSPS) is 17.3. The fourth-order valence-electron chi connectivity index (χ4n) is 3.06. The summed E-state index contributed by atoms with van der Waals surface area (Å²) in [6.07, 6.45) is 1.77. The number of methoxy groups -OCH3 is 1. The molecule has 0 saturated carbocycles. The van der Waals surface area contributed by atoms with Crippen LogP contribution in [0.4, 0.5) is 0 Å². The number of thiophene rings is 1. The third kappa shape index (κ3) is 3.29. The second-order valence-electron chi connectivity index (χ2n) is 5.83. The molecule has 2 aromatic rings. The lowest BCUT2D eigenvalue weighted by molar-refractivity contribution is 0.321. The van der Waals surface area contributed by atoms with Gasteiger partial charge in [-0.15, -0.1) is 11.3 Å². The predicted molar refractivity (Wildman–Crippen MR) is 92.8 cm³/mol. The molecule has 4 nitrogen and oxygen atoms in total. The molecule has 0 radical (unpaired) electrons. The Hall–Kier alpha value is -1.37. The van der Waals surface area contributed by atoms with Crippen molar-refractivity contribution in [2.45, 2.75) is 30.6 Å². The standard InChI is InChI=1S/C17H21NO3S2/c1-13-12-15(5-6-16(13)21-2)23(19,20)18-9-7-14(8-10-18)17-4-3-11-22-17/h3-6,11-12,14H,7-10H2,1-2H3. The van der Waals surface area contributed by atoms with Gasteiger partial charge in [0.05, 0.1) is 12.0 Å². The Kier molecular flexibility index (Phi) is 4.75. The van der Waals surface area contributed by atoms with Crippen molar-refractivity contribution in [1.82, 2.24) is 4.31 Å². The van der Waals surface area contributed by atoms with Gasteiger partial charge in [-0.1, -0.05) is 6.07 Å². The molecule has 0 spiro atoms. The summed E-state index contributed by atoms with van der Waals surface area (Å²) in [5, 5.41) is 2.08. The number of nitrogens with zero attached hydrogens (tertiary/aromatic N) is 1. The SMILES string of the molecule is COc1ccc(S(=O)(=O)N2CCC(c3cccs3)CC2)cc1C. The second-order valence-corrected chi connectivity index (χ2v) is 8.74. The van der Waals surface area contributed by atoms with Crippen LogP contribution in [-0.4, -0.2) is 32.9 Å². The van der Waals surface area contributed by atoms with Gasteiger partial charge in [-0.05, 0) is 60.9 Å². The molecule has 1 aromatic heterocycles. The van der Waals surface area contributed by atoms with Crippen molar-refractivity contribution in [2.24, 2.45) is 0 Å². The van der Waals surface area contributed by atoms with Crippen molar-refractivity contribution in [3.63, 3.8) is 0 Å². The van der Waals surface area contributed by atoms with Crippen LogP contribution in [0.3, 0.4) is 0 Å². The third-order valence-electron chi connectivity index (χ3n) is 4.40. The number of rotatable bonds is 4. The van der Waals surface area contributed by atoms with Gasteiger partial charge in [0, 0.05) is 18.0 Å². The number of sulfonamides is 1. The zero-order valence-corrected chi connectivity index (χ0v) is 15.0. The zero-order chi connectivity index (χ0) is 16.4. The first-order chi connectivity index (χ1) is 11.0. The molecule has 3 rings (SSSR count). The molecule has 124 valence electrons. The van der Waals surface area contributed by atoms with E-state index in [2.05, 4.69) is 17.5 Å². The maximum Gasteiger partial charge on any atom is 0.243 e. The molecule has 23 heavy (non-hydrogen) atoms. The highest BCUT2D eigenvalue weighted by atomic mass is 32.2. The Bertz CT molecular complexity index is 761. The van der Waals surface area contributed by atoms with Crippen LogP contribution in [0.5, 0.6) is 5.75 Å². The van der Waals surface area contributed by atoms with Gasteiger partial charge in [0.2, 0.25) is 10.0 Å². The van der Waals surface area contributed by atoms with E-state index >= 15 is 0 Å². The molecule has 1 aliphatic rings. The van der Waals surface area contributed by atoms with E-state index < -0.39 is 10.0 Å². The number of ether oxygens (including phenoxy) is 1. The molecule has 0 aliphatic carbocycles. The lowest BCUT2D eigenvalue weighted by atomic mass is 9.97. The average molecular weight is 351 g/mol. The van der Waals surface area contributed by atoms with Crippen LogP contribution in [0.15, 0.2) is 40.6 Å². The van der Waals surface area contributed by atoms with Crippen LogP contribution in [-0.2, 0) is 10.0 Å². The molecule has 0 amide bonds. The van der Waals surface area contributed by atoms with Gasteiger partial charge in [-0.2, -0.15) is 4.31 Å². The second kappa shape index (κ2) is 6.63. The van der Waals surface area contributed by atoms with Crippen molar-refractivity contribution >= 4 is 21.4 Å². The molecule has 1 saturated heterocycles. The highest BCUT2D eigenvalue weighted by Gasteiger charge is 2.30. The first kappa shape index (κ1) is 16.5. The number of piperidine rings is 1. The molecule has 0 bridgehead atoms. The van der Waals surface area contributed by atoms with Gasteiger partial charge in [0.15, 0.2) is 0 Å². The van der Waals surface area contributed by atoms with Crippen molar-refractivity contribution in [3.8, 4) is 5.75 Å². The summed E-state index contributed by atoms with van der Waals surface area (Å²) in [7, 11) is -1.83. The van der Waals surface area contributed by atoms with Crippen LogP contribution >= 0.6 is 11.3 Å². The van der Waals surface area contributed by atoms with Gasteiger partial charge < -0.3 is 4.74 Å². The topological polar surface area (TPSA) is 46.6 Å². The van der Waals surface area contributed by atoms with Crippen molar-refractivity contribution in [1.29, 1.82) is 0 Å². The number of hydrogen-bond acceptors (Lipinski definition) is 4. The minimum Gasteiger partial charge on any atom is -0.496 e. The first-order valence-electron chi connectivity index (χ1n) is 7.70. The van der Waals surface area contributed by atoms with Gasteiger partial charge in [0.1, 0.15) is 5.75 Å². The summed E-state index contributed by atoms with van der Waals surface area (Å²) in [6.45, 7) is 3.02. The van der Waals surface area contributed by atoms with Crippen LogP contribution < -0.4 is 4.74 Å². The lowest BCUT2D eigenvalue weighted by Gasteiger charge is -2.30. The summed E-state index contributed by atoms with van der Waals surface area (Å²) in [5.74, 6) is 1.19. The lowest BCUT2D eigenvalue weighted by Crippen LogP contribution is -2.37. The molecule has 0 atom stereocenters. The smallest absolute Gasteiger partial charge is 0.243 e. The largest absolute Gasteiger partial charge is 0.496 e. The van der Waals surface area contributed by atoms with Gasteiger partial charge in [0.25, 0.3) is 0 Å². The minimum atomic E-state index is -3.42. The Balaban J connectivity index is 1.75. The highest BCUT2D eigenvalue weighted by Crippen LogP contribution is 2.33. The fourth-order valence-corrected chi connectivity index (χ4v) is 5.52. The van der Waals surface area contributed by atoms with Crippen molar-refractivity contribution < 1.29 is 13.2 Å². The van der Waals surface area contributed by atoms with E-state index in [-0.39, 0.29) is 0 Å². The van der Waals surface area contributed by atoms with Crippen LogP contribution in [0.2, 0.25) is 0 Å². The molecule has 1 aliphatic heterocycles. The fraction of sp³-hybridized carbons (Fsp3) is 0.412. The van der Waals surface area contributed by atoms with Crippen LogP contribution in [0, 0.1) is 6.92 Å². The molecular formula is C17H21NO3S2.